The molecule has 0 bridgehead atoms. The Balaban J connectivity index is 1.39. The second kappa shape index (κ2) is 14.5. The number of anilines is 1. The number of benzene rings is 3. The number of rotatable bonds is 12. The molecule has 5 aromatic rings. The fourth-order valence-corrected chi connectivity index (χ4v) is 6.07. The lowest BCUT2D eigenvalue weighted by Crippen LogP contribution is -2.36. The van der Waals surface area contributed by atoms with Crippen molar-refractivity contribution in [3.8, 4) is 11.5 Å². The highest BCUT2D eigenvalue weighted by atomic mass is 19.4. The summed E-state index contributed by atoms with van der Waals surface area (Å²) in [5, 5.41) is 2.50. The Morgan fingerprint density at radius 1 is 0.961 bits per heavy atom. The summed E-state index contributed by atoms with van der Waals surface area (Å²) in [5.74, 6) is 0.198. The third-order valence-corrected chi connectivity index (χ3v) is 8.56. The first-order valence-electron chi connectivity index (χ1n) is 16.1. The normalized spacial score (nSPS) is 17.9. The molecule has 0 unspecified atom stereocenters. The summed E-state index contributed by atoms with van der Waals surface area (Å²) >= 11 is 0. The van der Waals surface area contributed by atoms with E-state index in [2.05, 4.69) is 25.0 Å². The zero-order chi connectivity index (χ0) is 36.3. The number of carbonyl (C=O) groups is 1. The molecule has 12 nitrogen and oxygen atoms in total. The second-order valence-electron chi connectivity index (χ2n) is 12.2. The summed E-state index contributed by atoms with van der Waals surface area (Å²) in [4.78, 5) is 36.0. The van der Waals surface area contributed by atoms with E-state index in [0.29, 0.717) is 11.5 Å². The van der Waals surface area contributed by atoms with E-state index < -0.39 is 47.8 Å². The molecule has 15 heteroatoms. The van der Waals surface area contributed by atoms with Crippen LogP contribution in [0.2, 0.25) is 0 Å². The van der Waals surface area contributed by atoms with E-state index >= 15 is 0 Å². The highest BCUT2D eigenvalue weighted by Crippen LogP contribution is 2.43. The van der Waals surface area contributed by atoms with Crippen molar-refractivity contribution in [1.82, 2.24) is 19.5 Å². The van der Waals surface area contributed by atoms with Gasteiger partial charge in [-0.25, -0.2) is 4.98 Å². The summed E-state index contributed by atoms with van der Waals surface area (Å²) in [7, 11) is 3.12. The van der Waals surface area contributed by atoms with Crippen molar-refractivity contribution in [3.05, 3.63) is 112 Å². The Hall–Kier alpha value is -5.25. The second-order valence-corrected chi connectivity index (χ2v) is 12.2. The van der Waals surface area contributed by atoms with Gasteiger partial charge in [-0.3, -0.25) is 29.2 Å². The lowest BCUT2D eigenvalue weighted by Gasteiger charge is -2.37. The standard InChI is InChI=1S/C36H36F3N5O7/c1-21(2)31(45)42-34-41-30-29(32(46)43-34)40-20-44(30)33-28(51-36(37,38)39)18-27(50-33)19-49-35(22-8-6-5-7-9-22,23-10-14-25(47-3)15-11-23)24-12-16-26(48-4)17-13-24/h5-17,20-21,27-28,33H,18-19H2,1-4H3,(H2,41,42,43,45,46)/t27-,28+,33+/m0/s1. The van der Waals surface area contributed by atoms with Crippen molar-refractivity contribution in [2.75, 3.05) is 26.1 Å². The van der Waals surface area contributed by atoms with Gasteiger partial charge in [-0.05, 0) is 41.0 Å². The zero-order valence-corrected chi connectivity index (χ0v) is 28.1. The van der Waals surface area contributed by atoms with E-state index in [1.54, 1.807) is 52.3 Å². The molecule has 2 aromatic heterocycles. The molecule has 0 saturated carbocycles. The summed E-state index contributed by atoms with van der Waals surface area (Å²) in [6.45, 7) is 3.12. The third kappa shape index (κ3) is 7.45. The van der Waals surface area contributed by atoms with Gasteiger partial charge in [0.05, 0.1) is 33.3 Å². The predicted octanol–water partition coefficient (Wildman–Crippen LogP) is 5.93. The number of amides is 1. The van der Waals surface area contributed by atoms with Crippen LogP contribution in [0, 0.1) is 5.92 Å². The van der Waals surface area contributed by atoms with Crippen LogP contribution in [0.15, 0.2) is 90.0 Å². The zero-order valence-electron chi connectivity index (χ0n) is 28.1. The number of H-pyrrole nitrogens is 1. The van der Waals surface area contributed by atoms with Crippen LogP contribution < -0.4 is 20.3 Å². The van der Waals surface area contributed by atoms with E-state index in [0.717, 1.165) is 23.0 Å². The molecular weight excluding hydrogens is 671 g/mol. The SMILES string of the molecule is COc1ccc(C(OC[C@@H]2C[C@@H](OC(F)(F)F)[C@H](n3cnc4c(=O)[nH]c(NC(=O)C(C)C)nc43)O2)(c2ccccc2)c2ccc(OC)cc2)cc1. The number of hydrogen-bond donors (Lipinski definition) is 2. The number of halogens is 3. The molecule has 1 aliphatic heterocycles. The van der Waals surface area contributed by atoms with E-state index in [9.17, 15) is 22.8 Å². The fraction of sp³-hybridized carbons (Fsp3) is 0.333. The number of aromatic amines is 1. The molecule has 3 atom stereocenters. The summed E-state index contributed by atoms with van der Waals surface area (Å²) in [6, 6.07) is 24.0. The maximum absolute atomic E-state index is 13.8. The Bertz CT molecular complexity index is 1970. The van der Waals surface area contributed by atoms with Crippen LogP contribution >= 0.6 is 0 Å². The van der Waals surface area contributed by atoms with Crippen LogP contribution in [-0.4, -0.2) is 64.8 Å². The van der Waals surface area contributed by atoms with E-state index in [4.69, 9.17) is 18.9 Å². The molecule has 1 fully saturated rings. The number of alkyl halides is 3. The third-order valence-electron chi connectivity index (χ3n) is 8.56. The minimum absolute atomic E-state index is 0.102. The quantitative estimate of drug-likeness (QED) is 0.151. The Morgan fingerprint density at radius 3 is 2.10 bits per heavy atom. The molecule has 1 saturated heterocycles. The summed E-state index contributed by atoms with van der Waals surface area (Å²) in [6.07, 6.45) is -8.01. The number of methoxy groups -OCH3 is 2. The van der Waals surface area contributed by atoms with Gasteiger partial charge in [0, 0.05) is 12.3 Å². The number of nitrogens with zero attached hydrogens (tertiary/aromatic N) is 3. The summed E-state index contributed by atoms with van der Waals surface area (Å²) in [5.41, 5.74) is -0.0334. The molecule has 3 heterocycles. The van der Waals surface area contributed by atoms with Gasteiger partial charge in [0.25, 0.3) is 5.56 Å². The Kier molecular flexibility index (Phi) is 10.1. The van der Waals surface area contributed by atoms with Gasteiger partial charge < -0.3 is 18.9 Å². The lowest BCUT2D eigenvalue weighted by atomic mass is 9.80. The summed E-state index contributed by atoms with van der Waals surface area (Å²) < 4.78 is 71.1. The largest absolute Gasteiger partial charge is 0.522 e. The van der Waals surface area contributed by atoms with Crippen molar-refractivity contribution < 1.29 is 41.7 Å². The molecule has 2 N–H and O–H groups in total. The van der Waals surface area contributed by atoms with E-state index in [1.165, 1.54) is 4.57 Å². The number of fused-ring (bicyclic) bond motifs is 1. The maximum Gasteiger partial charge on any atom is 0.522 e. The average Bonchev–Trinajstić information content (AvgIpc) is 3.72. The minimum atomic E-state index is -5.01. The van der Waals surface area contributed by atoms with Crippen LogP contribution in [0.4, 0.5) is 19.1 Å². The lowest BCUT2D eigenvalue weighted by molar-refractivity contribution is -0.349. The van der Waals surface area contributed by atoms with Crippen LogP contribution in [0.5, 0.6) is 11.5 Å². The fourth-order valence-electron chi connectivity index (χ4n) is 6.07. The van der Waals surface area contributed by atoms with Gasteiger partial charge in [-0.2, -0.15) is 4.98 Å². The van der Waals surface area contributed by atoms with Crippen molar-refractivity contribution in [2.24, 2.45) is 5.92 Å². The van der Waals surface area contributed by atoms with Crippen LogP contribution in [0.25, 0.3) is 11.2 Å². The van der Waals surface area contributed by atoms with Crippen LogP contribution in [0.3, 0.4) is 0 Å². The topological polar surface area (TPSA) is 139 Å². The van der Waals surface area contributed by atoms with Gasteiger partial charge in [0.15, 0.2) is 17.4 Å². The van der Waals surface area contributed by atoms with Crippen molar-refractivity contribution in [3.63, 3.8) is 0 Å². The monoisotopic (exact) mass is 707 g/mol. The molecule has 0 radical (unpaired) electrons. The van der Waals surface area contributed by atoms with Gasteiger partial charge >= 0.3 is 6.36 Å². The average molecular weight is 708 g/mol. The molecule has 0 spiro atoms. The van der Waals surface area contributed by atoms with E-state index in [-0.39, 0.29) is 30.1 Å². The highest BCUT2D eigenvalue weighted by Gasteiger charge is 2.47. The van der Waals surface area contributed by atoms with Gasteiger partial charge in [0.1, 0.15) is 23.2 Å². The van der Waals surface area contributed by atoms with Crippen molar-refractivity contribution in [1.29, 1.82) is 0 Å². The molecule has 268 valence electrons. The first-order valence-corrected chi connectivity index (χ1v) is 16.1. The number of hydrogen-bond acceptors (Lipinski definition) is 9. The number of aromatic nitrogens is 4. The van der Waals surface area contributed by atoms with Gasteiger partial charge in [0.2, 0.25) is 11.9 Å². The smallest absolute Gasteiger partial charge is 0.497 e. The number of imidazole rings is 1. The molecule has 51 heavy (non-hydrogen) atoms. The molecule has 1 aliphatic rings. The Labute approximate surface area is 290 Å². The molecular formula is C36H36F3N5O7. The molecule has 3 aromatic carbocycles. The predicted molar refractivity (Wildman–Crippen MR) is 179 cm³/mol. The van der Waals surface area contributed by atoms with Crippen molar-refractivity contribution >= 4 is 23.0 Å². The van der Waals surface area contributed by atoms with Gasteiger partial charge in [-0.1, -0.05) is 68.4 Å². The van der Waals surface area contributed by atoms with Crippen LogP contribution in [-0.2, 0) is 24.6 Å². The van der Waals surface area contributed by atoms with E-state index in [1.807, 2.05) is 54.6 Å². The van der Waals surface area contributed by atoms with Crippen LogP contribution in [0.1, 0.15) is 43.2 Å². The number of ether oxygens (including phenoxy) is 5. The molecule has 1 amide bonds. The number of carbonyl (C=O) groups excluding carboxylic acids is 1. The highest BCUT2D eigenvalue weighted by molar-refractivity contribution is 5.91. The minimum Gasteiger partial charge on any atom is -0.497 e. The first-order chi connectivity index (χ1) is 24.4. The number of nitrogens with one attached hydrogen (secondary N) is 2. The first kappa shape index (κ1) is 35.6. The Morgan fingerprint density at radius 2 is 1.55 bits per heavy atom. The van der Waals surface area contributed by atoms with Crippen molar-refractivity contribution in [2.45, 2.75) is 50.7 Å². The molecule has 6 rings (SSSR count). The van der Waals surface area contributed by atoms with Gasteiger partial charge in [-0.15, -0.1) is 13.2 Å². The maximum atomic E-state index is 13.8. The molecule has 0 aliphatic carbocycles.